The number of hydrogen-bond donors (Lipinski definition) is 0. The number of nitrogens with zero attached hydrogens (tertiary/aromatic N) is 3. The summed E-state index contributed by atoms with van der Waals surface area (Å²) in [5, 5.41) is 6.14. The van der Waals surface area contributed by atoms with Crippen LogP contribution in [0.5, 0.6) is 0 Å². The molecular formula is C10H7N3Se. The van der Waals surface area contributed by atoms with Gasteiger partial charge in [-0.3, -0.25) is 0 Å². The van der Waals surface area contributed by atoms with E-state index in [9.17, 15) is 0 Å². The predicted molar refractivity (Wildman–Crippen MR) is 55.4 cm³/mol. The molecule has 68 valence electrons. The van der Waals surface area contributed by atoms with Gasteiger partial charge in [-0.15, -0.1) is 0 Å². The molecule has 0 saturated heterocycles. The van der Waals surface area contributed by atoms with Crippen LogP contribution in [0.4, 0.5) is 0 Å². The molecule has 0 fully saturated rings. The first-order chi connectivity index (χ1) is 6.93. The number of fused-ring (bicyclic) bond motifs is 1. The van der Waals surface area contributed by atoms with Crippen LogP contribution in [0, 0.1) is 0 Å². The fourth-order valence-corrected chi connectivity index (χ4v) is 2.65. The number of benzene rings is 1. The molecule has 0 unspecified atom stereocenters. The molecule has 14 heavy (non-hydrogen) atoms. The number of imidazole rings is 1. The van der Waals surface area contributed by atoms with E-state index < -0.39 is 0 Å². The van der Waals surface area contributed by atoms with Crippen molar-refractivity contribution >= 4 is 19.0 Å². The van der Waals surface area contributed by atoms with Crippen molar-refractivity contribution in [1.82, 2.24) is 14.6 Å². The third-order valence-electron chi connectivity index (χ3n) is 2.06. The molecule has 0 aliphatic heterocycles. The first-order valence-corrected chi connectivity index (χ1v) is 6.12. The molecule has 0 saturated carbocycles. The first kappa shape index (κ1) is 7.97. The van der Waals surface area contributed by atoms with Crippen LogP contribution in [0.25, 0.3) is 15.8 Å². The van der Waals surface area contributed by atoms with Gasteiger partial charge >= 0.3 is 86.5 Å². The van der Waals surface area contributed by atoms with Crippen LogP contribution in [0.1, 0.15) is 0 Å². The molecule has 0 atom stereocenters. The molecule has 0 aliphatic rings. The topological polar surface area (TPSA) is 30.2 Å². The molecule has 0 amide bonds. The van der Waals surface area contributed by atoms with Gasteiger partial charge in [-0.1, -0.05) is 0 Å². The van der Waals surface area contributed by atoms with Crippen molar-refractivity contribution in [3.05, 3.63) is 41.6 Å². The van der Waals surface area contributed by atoms with Crippen LogP contribution in [0.2, 0.25) is 0 Å². The van der Waals surface area contributed by atoms with Gasteiger partial charge in [-0.25, -0.2) is 0 Å². The zero-order chi connectivity index (χ0) is 9.38. The fourth-order valence-electron chi connectivity index (χ4n) is 1.39. The molecule has 1 aromatic carbocycles. The Morgan fingerprint density at radius 3 is 2.79 bits per heavy atom. The molecule has 0 bridgehead atoms. The molecule has 4 heteroatoms. The summed E-state index contributed by atoms with van der Waals surface area (Å²) in [6.45, 7) is 0. The Balaban J connectivity index is 2.19. The monoisotopic (exact) mass is 249 g/mol. The van der Waals surface area contributed by atoms with Crippen molar-refractivity contribution < 1.29 is 0 Å². The molecule has 0 spiro atoms. The number of hydrogen-bond acceptors (Lipinski definition) is 2. The van der Waals surface area contributed by atoms with Crippen LogP contribution in [-0.2, 0) is 0 Å². The summed E-state index contributed by atoms with van der Waals surface area (Å²) < 4.78 is 2.94. The predicted octanol–water partition coefficient (Wildman–Crippen LogP) is 1.45. The summed E-state index contributed by atoms with van der Waals surface area (Å²) in [6.07, 6.45) is 1.98. The van der Waals surface area contributed by atoms with Gasteiger partial charge in [0.2, 0.25) is 0 Å². The van der Waals surface area contributed by atoms with E-state index in [0.717, 1.165) is 15.8 Å². The molecule has 3 aromatic rings. The molecule has 0 radical (unpaired) electrons. The Morgan fingerprint density at radius 2 is 2.00 bits per heavy atom. The quantitative estimate of drug-likeness (QED) is 0.610. The standard InChI is InChI=1S/C10H7N3Se/c1-2-4-8(5-3-1)9-6-13-10(12-9)14-7-11-13/h1-7H. The van der Waals surface area contributed by atoms with Gasteiger partial charge in [0, 0.05) is 0 Å². The fraction of sp³-hybridized carbons (Fsp3) is 0. The van der Waals surface area contributed by atoms with Gasteiger partial charge < -0.3 is 0 Å². The minimum atomic E-state index is 0.313. The minimum absolute atomic E-state index is 0.313. The van der Waals surface area contributed by atoms with E-state index in [0.29, 0.717) is 14.5 Å². The Hall–Kier alpha value is -1.38. The second-order valence-corrected chi connectivity index (χ2v) is 4.66. The van der Waals surface area contributed by atoms with E-state index in [-0.39, 0.29) is 0 Å². The van der Waals surface area contributed by atoms with Gasteiger partial charge in [0.05, 0.1) is 0 Å². The summed E-state index contributed by atoms with van der Waals surface area (Å²) in [5.74, 6) is 0. The summed E-state index contributed by atoms with van der Waals surface area (Å²) in [5.41, 5.74) is 2.17. The average Bonchev–Trinajstić information content (AvgIpc) is 2.78. The van der Waals surface area contributed by atoms with Crippen molar-refractivity contribution in [3.63, 3.8) is 0 Å². The van der Waals surface area contributed by atoms with Gasteiger partial charge in [0.1, 0.15) is 0 Å². The molecular weight excluding hydrogens is 241 g/mol. The Bertz CT molecular complexity index is 524. The van der Waals surface area contributed by atoms with Crippen molar-refractivity contribution in [3.8, 4) is 11.3 Å². The van der Waals surface area contributed by atoms with E-state index >= 15 is 0 Å². The van der Waals surface area contributed by atoms with Gasteiger partial charge in [0.25, 0.3) is 0 Å². The normalized spacial score (nSPS) is 10.9. The van der Waals surface area contributed by atoms with E-state index in [1.807, 2.05) is 34.0 Å². The van der Waals surface area contributed by atoms with Crippen molar-refractivity contribution in [2.45, 2.75) is 0 Å². The summed E-state index contributed by atoms with van der Waals surface area (Å²) in [7, 11) is 0. The Kier molecular flexibility index (Phi) is 1.75. The van der Waals surface area contributed by atoms with E-state index in [4.69, 9.17) is 0 Å². The summed E-state index contributed by atoms with van der Waals surface area (Å²) >= 11 is 0.313. The van der Waals surface area contributed by atoms with E-state index in [1.54, 1.807) is 0 Å². The second-order valence-electron chi connectivity index (χ2n) is 2.96. The Labute approximate surface area is 86.8 Å². The zero-order valence-electron chi connectivity index (χ0n) is 7.29. The summed E-state index contributed by atoms with van der Waals surface area (Å²) in [6, 6.07) is 10.2. The molecule has 2 heterocycles. The zero-order valence-corrected chi connectivity index (χ0v) is 9.00. The van der Waals surface area contributed by atoms with Crippen LogP contribution in [0.15, 0.2) is 41.6 Å². The maximum absolute atomic E-state index is 4.53. The SMILES string of the molecule is c1ccc(-c2cn3nc[se]c3n2)cc1. The average molecular weight is 248 g/mol. The third-order valence-corrected chi connectivity index (χ3v) is 3.50. The van der Waals surface area contributed by atoms with Gasteiger partial charge in [0.15, 0.2) is 0 Å². The maximum atomic E-state index is 4.53. The van der Waals surface area contributed by atoms with E-state index in [1.165, 1.54) is 0 Å². The van der Waals surface area contributed by atoms with Crippen LogP contribution in [0.3, 0.4) is 0 Å². The summed E-state index contributed by atoms with van der Waals surface area (Å²) in [4.78, 5) is 4.53. The van der Waals surface area contributed by atoms with E-state index in [2.05, 4.69) is 22.2 Å². The van der Waals surface area contributed by atoms with Crippen LogP contribution >= 0.6 is 0 Å². The van der Waals surface area contributed by atoms with Crippen LogP contribution in [-0.4, -0.2) is 29.1 Å². The Morgan fingerprint density at radius 1 is 1.14 bits per heavy atom. The molecule has 3 rings (SSSR count). The molecule has 0 N–H and O–H groups in total. The van der Waals surface area contributed by atoms with Gasteiger partial charge in [-0.05, 0) is 0 Å². The third kappa shape index (κ3) is 1.20. The van der Waals surface area contributed by atoms with Crippen molar-refractivity contribution in [2.75, 3.05) is 0 Å². The molecule has 0 aliphatic carbocycles. The van der Waals surface area contributed by atoms with Crippen molar-refractivity contribution in [1.29, 1.82) is 0 Å². The molecule has 2 aromatic heterocycles. The second kappa shape index (κ2) is 3.08. The number of rotatable bonds is 1. The van der Waals surface area contributed by atoms with Crippen LogP contribution < -0.4 is 0 Å². The van der Waals surface area contributed by atoms with Crippen molar-refractivity contribution in [2.24, 2.45) is 0 Å². The molecule has 3 nitrogen and oxygen atoms in total. The first-order valence-electron chi connectivity index (χ1n) is 4.28. The number of aromatic nitrogens is 3. The van der Waals surface area contributed by atoms with Gasteiger partial charge in [-0.2, -0.15) is 0 Å².